The molecule has 0 unspecified atom stereocenters. The van der Waals surface area contributed by atoms with E-state index in [1.807, 2.05) is 4.40 Å². The van der Waals surface area contributed by atoms with E-state index < -0.39 is 5.97 Å². The van der Waals surface area contributed by atoms with Crippen molar-refractivity contribution in [2.24, 2.45) is 0 Å². The highest BCUT2D eigenvalue weighted by atomic mass is 16.5. The predicted molar refractivity (Wildman–Crippen MR) is 62.3 cm³/mol. The molecule has 5 heteroatoms. The Bertz CT molecular complexity index is 534. The van der Waals surface area contributed by atoms with Gasteiger partial charge >= 0.3 is 5.97 Å². The summed E-state index contributed by atoms with van der Waals surface area (Å²) in [6.45, 7) is 0.697. The van der Waals surface area contributed by atoms with E-state index in [4.69, 9.17) is 9.84 Å². The minimum Gasteiger partial charge on any atom is -0.478 e. The molecule has 17 heavy (non-hydrogen) atoms. The molecule has 2 aromatic heterocycles. The fourth-order valence-electron chi connectivity index (χ4n) is 1.75. The van der Waals surface area contributed by atoms with Gasteiger partial charge in [0.2, 0.25) is 0 Å². The molecule has 0 aliphatic carbocycles. The number of pyridine rings is 1. The Morgan fingerprint density at radius 1 is 1.59 bits per heavy atom. The van der Waals surface area contributed by atoms with E-state index in [0.717, 1.165) is 24.2 Å². The summed E-state index contributed by atoms with van der Waals surface area (Å²) >= 11 is 0. The van der Waals surface area contributed by atoms with E-state index >= 15 is 0 Å². The van der Waals surface area contributed by atoms with Crippen LogP contribution in [0.5, 0.6) is 0 Å². The number of fused-ring (bicyclic) bond motifs is 1. The lowest BCUT2D eigenvalue weighted by Crippen LogP contribution is -2.00. The molecule has 0 aromatic carbocycles. The molecular weight excluding hydrogens is 220 g/mol. The molecule has 0 atom stereocenters. The van der Waals surface area contributed by atoms with Crippen LogP contribution in [-0.4, -0.2) is 34.2 Å². The Labute approximate surface area is 98.7 Å². The van der Waals surface area contributed by atoms with Crippen LogP contribution < -0.4 is 0 Å². The summed E-state index contributed by atoms with van der Waals surface area (Å²) in [5.74, 6) is 0.00335. The second kappa shape index (κ2) is 4.97. The van der Waals surface area contributed by atoms with Gasteiger partial charge < -0.3 is 14.2 Å². The van der Waals surface area contributed by atoms with Crippen molar-refractivity contribution >= 4 is 11.5 Å². The minimum atomic E-state index is -0.922. The highest BCUT2D eigenvalue weighted by Crippen LogP contribution is 2.11. The first kappa shape index (κ1) is 11.6. The molecular formula is C12H14N2O3. The first-order chi connectivity index (χ1) is 8.22. The Morgan fingerprint density at radius 2 is 2.41 bits per heavy atom. The van der Waals surface area contributed by atoms with Crippen LogP contribution in [0, 0.1) is 0 Å². The zero-order valence-electron chi connectivity index (χ0n) is 9.59. The number of methoxy groups -OCH3 is 1. The van der Waals surface area contributed by atoms with Crippen molar-refractivity contribution in [1.29, 1.82) is 0 Å². The van der Waals surface area contributed by atoms with Crippen LogP contribution in [0.2, 0.25) is 0 Å². The molecule has 0 bridgehead atoms. The SMILES string of the molecule is COCCCc1ncc2cc(C(=O)O)ccn12. The Kier molecular flexibility index (Phi) is 3.39. The number of hydrogen-bond acceptors (Lipinski definition) is 3. The van der Waals surface area contributed by atoms with Gasteiger partial charge in [-0.1, -0.05) is 0 Å². The van der Waals surface area contributed by atoms with Crippen molar-refractivity contribution in [3.63, 3.8) is 0 Å². The number of hydrogen-bond donors (Lipinski definition) is 1. The number of carbonyl (C=O) groups is 1. The van der Waals surface area contributed by atoms with Crippen molar-refractivity contribution in [3.05, 3.63) is 35.9 Å². The topological polar surface area (TPSA) is 63.8 Å². The van der Waals surface area contributed by atoms with E-state index in [0.29, 0.717) is 6.61 Å². The zero-order chi connectivity index (χ0) is 12.3. The van der Waals surface area contributed by atoms with E-state index in [2.05, 4.69) is 4.98 Å². The Balaban J connectivity index is 2.25. The van der Waals surface area contributed by atoms with Crippen LogP contribution in [0.15, 0.2) is 24.5 Å². The standard InChI is InChI=1S/C12H14N2O3/c1-17-6-2-3-11-13-8-10-7-9(12(15)16)4-5-14(10)11/h4-5,7-8H,2-3,6H2,1H3,(H,15,16). The van der Waals surface area contributed by atoms with Gasteiger partial charge in [-0.25, -0.2) is 9.78 Å². The summed E-state index contributed by atoms with van der Waals surface area (Å²) in [6, 6.07) is 3.20. The first-order valence-electron chi connectivity index (χ1n) is 5.40. The molecule has 2 heterocycles. The highest BCUT2D eigenvalue weighted by Gasteiger charge is 2.07. The maximum Gasteiger partial charge on any atom is 0.335 e. The summed E-state index contributed by atoms with van der Waals surface area (Å²) < 4.78 is 6.89. The number of imidazole rings is 1. The molecule has 0 aliphatic heterocycles. The van der Waals surface area contributed by atoms with E-state index in [9.17, 15) is 4.79 Å². The smallest absolute Gasteiger partial charge is 0.335 e. The molecule has 2 aromatic rings. The quantitative estimate of drug-likeness (QED) is 0.798. The molecule has 0 radical (unpaired) electrons. The number of aryl methyl sites for hydroxylation is 1. The number of aromatic nitrogens is 2. The number of carboxylic acid groups (broad SMARTS) is 1. The minimum absolute atomic E-state index is 0.279. The summed E-state index contributed by atoms with van der Waals surface area (Å²) in [7, 11) is 1.67. The average molecular weight is 234 g/mol. The number of aromatic carboxylic acids is 1. The van der Waals surface area contributed by atoms with Crippen molar-refractivity contribution in [2.75, 3.05) is 13.7 Å². The van der Waals surface area contributed by atoms with Crippen LogP contribution >= 0.6 is 0 Å². The molecule has 1 N–H and O–H groups in total. The van der Waals surface area contributed by atoms with Crippen molar-refractivity contribution in [1.82, 2.24) is 9.38 Å². The van der Waals surface area contributed by atoms with Gasteiger partial charge in [0.1, 0.15) is 5.82 Å². The van der Waals surface area contributed by atoms with Gasteiger partial charge in [-0.2, -0.15) is 0 Å². The summed E-state index contributed by atoms with van der Waals surface area (Å²) in [6.07, 6.45) is 5.15. The molecule has 0 aliphatic rings. The molecule has 90 valence electrons. The first-order valence-corrected chi connectivity index (χ1v) is 5.40. The van der Waals surface area contributed by atoms with Gasteiger partial charge in [0.15, 0.2) is 0 Å². The van der Waals surface area contributed by atoms with Crippen molar-refractivity contribution in [2.45, 2.75) is 12.8 Å². The lowest BCUT2D eigenvalue weighted by molar-refractivity contribution is 0.0697. The molecule has 0 spiro atoms. The number of carboxylic acids is 1. The van der Waals surface area contributed by atoms with Gasteiger partial charge in [0, 0.05) is 26.3 Å². The van der Waals surface area contributed by atoms with Crippen molar-refractivity contribution in [3.8, 4) is 0 Å². The van der Waals surface area contributed by atoms with Gasteiger partial charge in [-0.05, 0) is 18.6 Å². The lowest BCUT2D eigenvalue weighted by Gasteiger charge is -2.02. The monoisotopic (exact) mass is 234 g/mol. The third-order valence-electron chi connectivity index (χ3n) is 2.60. The molecule has 2 rings (SSSR count). The number of ether oxygens (including phenoxy) is 1. The van der Waals surface area contributed by atoms with E-state index in [-0.39, 0.29) is 5.56 Å². The fraction of sp³-hybridized carbons (Fsp3) is 0.333. The molecule has 5 nitrogen and oxygen atoms in total. The van der Waals surface area contributed by atoms with Gasteiger partial charge in [0.25, 0.3) is 0 Å². The maximum absolute atomic E-state index is 10.8. The summed E-state index contributed by atoms with van der Waals surface area (Å²) in [4.78, 5) is 15.1. The number of rotatable bonds is 5. The summed E-state index contributed by atoms with van der Waals surface area (Å²) in [5, 5.41) is 8.88. The largest absolute Gasteiger partial charge is 0.478 e. The second-order valence-corrected chi connectivity index (χ2v) is 3.79. The van der Waals surface area contributed by atoms with Crippen LogP contribution in [0.3, 0.4) is 0 Å². The van der Waals surface area contributed by atoms with Crippen LogP contribution in [0.25, 0.3) is 5.52 Å². The summed E-state index contributed by atoms with van der Waals surface area (Å²) in [5.41, 5.74) is 1.08. The predicted octanol–water partition coefficient (Wildman–Crippen LogP) is 1.61. The van der Waals surface area contributed by atoms with Crippen LogP contribution in [0.4, 0.5) is 0 Å². The molecule has 0 saturated carbocycles. The molecule has 0 amide bonds. The lowest BCUT2D eigenvalue weighted by atomic mass is 10.2. The van der Waals surface area contributed by atoms with Crippen LogP contribution in [0.1, 0.15) is 22.6 Å². The zero-order valence-corrected chi connectivity index (χ0v) is 9.59. The third kappa shape index (κ3) is 2.45. The fourth-order valence-corrected chi connectivity index (χ4v) is 1.75. The van der Waals surface area contributed by atoms with Gasteiger partial charge in [-0.15, -0.1) is 0 Å². The van der Waals surface area contributed by atoms with Gasteiger partial charge in [0.05, 0.1) is 17.3 Å². The van der Waals surface area contributed by atoms with Gasteiger partial charge in [-0.3, -0.25) is 0 Å². The Morgan fingerprint density at radius 3 is 3.12 bits per heavy atom. The number of nitrogens with zero attached hydrogens (tertiary/aromatic N) is 2. The van der Waals surface area contributed by atoms with E-state index in [1.54, 1.807) is 31.6 Å². The Hall–Kier alpha value is -1.88. The normalized spacial score (nSPS) is 10.9. The maximum atomic E-state index is 10.8. The molecule has 0 saturated heterocycles. The van der Waals surface area contributed by atoms with Crippen LogP contribution in [-0.2, 0) is 11.2 Å². The molecule has 0 fully saturated rings. The van der Waals surface area contributed by atoms with Crippen molar-refractivity contribution < 1.29 is 14.6 Å². The average Bonchev–Trinajstić information content (AvgIpc) is 2.72. The second-order valence-electron chi connectivity index (χ2n) is 3.79. The van der Waals surface area contributed by atoms with E-state index in [1.165, 1.54) is 0 Å². The third-order valence-corrected chi connectivity index (χ3v) is 2.60. The highest BCUT2D eigenvalue weighted by molar-refractivity contribution is 5.88.